The van der Waals surface area contributed by atoms with Crippen molar-refractivity contribution in [3.8, 4) is 0 Å². The molecule has 0 atom stereocenters. The largest absolute Gasteiger partial charge is 0.262 e. The van der Waals surface area contributed by atoms with Gasteiger partial charge in [0.05, 0.1) is 9.72 Å². The lowest BCUT2D eigenvalue weighted by molar-refractivity contribution is 1.37. The molecule has 2 aromatic heterocycles. The number of rotatable bonds is 0. The van der Waals surface area contributed by atoms with Gasteiger partial charge in [0.2, 0.25) is 0 Å². The molecular weight excluding hydrogens is 166 g/mol. The Balaban J connectivity index is 2.95. The molecule has 0 aliphatic rings. The molecule has 0 aromatic carbocycles. The molecule has 2 rings (SSSR count). The minimum absolute atomic E-state index is 0.712. The maximum atomic E-state index is 5.83. The van der Waals surface area contributed by atoms with Crippen LogP contribution in [0.15, 0.2) is 17.8 Å². The summed E-state index contributed by atoms with van der Waals surface area (Å²) in [5, 5.41) is 3.60. The Morgan fingerprint density at radius 3 is 3.20 bits per heavy atom. The highest BCUT2D eigenvalue weighted by Crippen LogP contribution is 2.26. The first kappa shape index (κ1) is 6.13. The highest BCUT2D eigenvalue weighted by atomic mass is 35.5. The molecule has 0 spiro atoms. The summed E-state index contributed by atoms with van der Waals surface area (Å²) in [4.78, 5) is 3.93. The second kappa shape index (κ2) is 2.22. The molecule has 10 heavy (non-hydrogen) atoms. The van der Waals surface area contributed by atoms with Crippen LogP contribution < -0.4 is 0 Å². The summed E-state index contributed by atoms with van der Waals surface area (Å²) in [5.41, 5.74) is 0. The van der Waals surface area contributed by atoms with Gasteiger partial charge in [-0.2, -0.15) is 0 Å². The molecule has 3 heteroatoms. The van der Waals surface area contributed by atoms with Gasteiger partial charge in [0.15, 0.2) is 0 Å². The van der Waals surface area contributed by atoms with E-state index >= 15 is 0 Å². The Morgan fingerprint density at radius 1 is 1.50 bits per heavy atom. The molecule has 49 valence electrons. The first-order valence-electron chi connectivity index (χ1n) is 2.76. The molecule has 0 bridgehead atoms. The van der Waals surface area contributed by atoms with Gasteiger partial charge in [0, 0.05) is 23.8 Å². The fourth-order valence-corrected chi connectivity index (χ4v) is 1.80. The van der Waals surface area contributed by atoms with E-state index in [0.717, 1.165) is 10.1 Å². The zero-order valence-electron chi connectivity index (χ0n) is 4.97. The topological polar surface area (TPSA) is 12.9 Å². The van der Waals surface area contributed by atoms with Crippen molar-refractivity contribution in [3.05, 3.63) is 28.9 Å². The fraction of sp³-hybridized carbons (Fsp3) is 0. The summed E-state index contributed by atoms with van der Waals surface area (Å²) in [6.07, 6.45) is 3.41. The van der Waals surface area contributed by atoms with E-state index in [1.54, 1.807) is 23.7 Å². The summed E-state index contributed by atoms with van der Waals surface area (Å²) >= 11 is 7.41. The predicted molar refractivity (Wildman–Crippen MR) is 43.5 cm³/mol. The monoisotopic (exact) mass is 168 g/mol. The van der Waals surface area contributed by atoms with E-state index in [0.29, 0.717) is 5.02 Å². The number of pyridine rings is 1. The van der Waals surface area contributed by atoms with Gasteiger partial charge < -0.3 is 0 Å². The molecule has 0 amide bonds. The van der Waals surface area contributed by atoms with Crippen LogP contribution in [0.4, 0.5) is 0 Å². The van der Waals surface area contributed by atoms with Crippen molar-refractivity contribution in [3.63, 3.8) is 0 Å². The van der Waals surface area contributed by atoms with Crippen molar-refractivity contribution < 1.29 is 0 Å². The van der Waals surface area contributed by atoms with Crippen LogP contribution in [0.3, 0.4) is 0 Å². The molecule has 0 unspecified atom stereocenters. The molecule has 0 saturated carbocycles. The lowest BCUT2D eigenvalue weighted by Gasteiger charge is -1.88. The van der Waals surface area contributed by atoms with Gasteiger partial charge in [-0.25, -0.2) is 0 Å². The van der Waals surface area contributed by atoms with Crippen molar-refractivity contribution in [2.75, 3.05) is 0 Å². The van der Waals surface area contributed by atoms with E-state index in [2.05, 4.69) is 11.1 Å². The number of hydrogen-bond donors (Lipinski definition) is 0. The zero-order chi connectivity index (χ0) is 6.97. The van der Waals surface area contributed by atoms with Crippen LogP contribution in [-0.2, 0) is 0 Å². The minimum atomic E-state index is 0.712. The van der Waals surface area contributed by atoms with Gasteiger partial charge in [0.25, 0.3) is 0 Å². The molecule has 1 nitrogen and oxygen atoms in total. The molecule has 0 saturated heterocycles. The van der Waals surface area contributed by atoms with Crippen LogP contribution in [0.2, 0.25) is 5.02 Å². The molecule has 0 aliphatic carbocycles. The number of thiophene rings is 1. The summed E-state index contributed by atoms with van der Waals surface area (Å²) in [6.45, 7) is 0. The Bertz CT molecular complexity index is 355. The van der Waals surface area contributed by atoms with Crippen LogP contribution in [0, 0.1) is 6.07 Å². The van der Waals surface area contributed by atoms with Crippen molar-refractivity contribution >= 4 is 33.0 Å². The quantitative estimate of drug-likeness (QED) is 0.590. The van der Waals surface area contributed by atoms with Gasteiger partial charge in [-0.05, 0) is 5.38 Å². The van der Waals surface area contributed by atoms with E-state index in [1.807, 2.05) is 5.38 Å². The van der Waals surface area contributed by atoms with Gasteiger partial charge in [-0.1, -0.05) is 11.6 Å². The predicted octanol–water partition coefficient (Wildman–Crippen LogP) is 2.75. The van der Waals surface area contributed by atoms with Gasteiger partial charge in [0.1, 0.15) is 0 Å². The van der Waals surface area contributed by atoms with Gasteiger partial charge >= 0.3 is 0 Å². The van der Waals surface area contributed by atoms with E-state index in [1.165, 1.54) is 0 Å². The molecule has 0 fully saturated rings. The highest BCUT2D eigenvalue weighted by Gasteiger charge is 1.98. The second-order valence-electron chi connectivity index (χ2n) is 1.88. The Hall–Kier alpha value is -0.600. The second-order valence-corrected chi connectivity index (χ2v) is 3.16. The van der Waals surface area contributed by atoms with E-state index in [-0.39, 0.29) is 0 Å². The molecule has 1 radical (unpaired) electrons. The van der Waals surface area contributed by atoms with E-state index in [4.69, 9.17) is 11.6 Å². The lowest BCUT2D eigenvalue weighted by Crippen LogP contribution is -1.69. The third-order valence-electron chi connectivity index (χ3n) is 1.24. The number of hydrogen-bond acceptors (Lipinski definition) is 2. The summed E-state index contributed by atoms with van der Waals surface area (Å²) in [6, 6.07) is 3.03. The van der Waals surface area contributed by atoms with Crippen molar-refractivity contribution in [1.82, 2.24) is 4.98 Å². The van der Waals surface area contributed by atoms with Crippen LogP contribution >= 0.6 is 22.9 Å². The smallest absolute Gasteiger partial charge is 0.0767 e. The number of fused-ring (bicyclic) bond motifs is 1. The summed E-state index contributed by atoms with van der Waals surface area (Å²) in [7, 11) is 0. The Kier molecular flexibility index (Phi) is 1.36. The fourth-order valence-electron chi connectivity index (χ4n) is 0.798. The third-order valence-corrected chi connectivity index (χ3v) is 2.55. The molecule has 2 heterocycles. The zero-order valence-corrected chi connectivity index (χ0v) is 6.54. The van der Waals surface area contributed by atoms with Gasteiger partial charge in [-0.3, -0.25) is 4.98 Å². The average molecular weight is 169 g/mol. The Morgan fingerprint density at radius 2 is 2.40 bits per heavy atom. The minimum Gasteiger partial charge on any atom is -0.262 e. The molecule has 0 aliphatic heterocycles. The summed E-state index contributed by atoms with van der Waals surface area (Å²) < 4.78 is 1.07. The van der Waals surface area contributed by atoms with Crippen molar-refractivity contribution in [2.24, 2.45) is 0 Å². The van der Waals surface area contributed by atoms with Crippen molar-refractivity contribution in [2.45, 2.75) is 0 Å². The summed E-state index contributed by atoms with van der Waals surface area (Å²) in [5.74, 6) is 0. The highest BCUT2D eigenvalue weighted by molar-refractivity contribution is 7.17. The molecule has 2 aromatic rings. The molecular formula is C7H3ClNS. The number of aromatic nitrogens is 1. The van der Waals surface area contributed by atoms with Crippen LogP contribution in [0.25, 0.3) is 10.1 Å². The maximum absolute atomic E-state index is 5.83. The normalized spacial score (nSPS) is 10.5. The van der Waals surface area contributed by atoms with E-state index < -0.39 is 0 Å². The first-order chi connectivity index (χ1) is 4.88. The van der Waals surface area contributed by atoms with E-state index in [9.17, 15) is 0 Å². The van der Waals surface area contributed by atoms with Crippen molar-refractivity contribution in [1.29, 1.82) is 0 Å². The number of nitrogens with zero attached hydrogens (tertiary/aromatic N) is 1. The van der Waals surface area contributed by atoms with Crippen LogP contribution in [-0.4, -0.2) is 4.98 Å². The molecule has 0 N–H and O–H groups in total. The first-order valence-corrected chi connectivity index (χ1v) is 4.02. The Labute approximate surface area is 67.3 Å². The van der Waals surface area contributed by atoms with Crippen LogP contribution in [0.1, 0.15) is 0 Å². The average Bonchev–Trinajstić information content (AvgIpc) is 2.36. The number of halogens is 1. The third kappa shape index (κ3) is 0.805. The SMILES string of the molecule is Clc1cncc2[c]csc12. The standard InChI is InChI=1S/C7H3ClNS/c8-6-4-9-3-5-1-2-10-7(5)6/h2-4H. The van der Waals surface area contributed by atoms with Gasteiger partial charge in [-0.15, -0.1) is 11.3 Å². The maximum Gasteiger partial charge on any atom is 0.0767 e. The lowest BCUT2D eigenvalue weighted by atomic mass is 10.3. The van der Waals surface area contributed by atoms with Crippen LogP contribution in [0.5, 0.6) is 0 Å².